The fourth-order valence-electron chi connectivity index (χ4n) is 2.24. The lowest BCUT2D eigenvalue weighted by Crippen LogP contribution is -2.07. The van der Waals surface area contributed by atoms with Crippen molar-refractivity contribution in [1.82, 2.24) is 9.78 Å². The van der Waals surface area contributed by atoms with Crippen LogP contribution < -0.4 is 10.1 Å². The first-order chi connectivity index (χ1) is 12.2. The Bertz CT molecular complexity index is 904. The summed E-state index contributed by atoms with van der Waals surface area (Å²) in [6.45, 7) is 0. The molecule has 1 amide bonds. The average Bonchev–Trinajstić information content (AvgIpc) is 3.10. The highest BCUT2D eigenvalue weighted by atomic mass is 35.5. The topological polar surface area (TPSA) is 56.1 Å². The fourth-order valence-corrected chi connectivity index (χ4v) is 2.50. The summed E-state index contributed by atoms with van der Waals surface area (Å²) in [5.74, 6) is 0.303. The van der Waals surface area contributed by atoms with Gasteiger partial charge >= 0.3 is 0 Å². The van der Waals surface area contributed by atoms with E-state index in [1.54, 1.807) is 35.2 Å². The molecule has 0 aliphatic heterocycles. The molecule has 126 valence electrons. The molecule has 0 fully saturated rings. The standard InChI is InChI=1S/C19H16ClN3O2/c1-25-18-9-8-15(11-17(18)20)22-19(24)10-7-14-12-21-23(13-14)16-5-3-2-4-6-16/h2-13H,1H3,(H,22,24)/b10-7+. The lowest BCUT2D eigenvalue weighted by Gasteiger charge is -2.06. The number of halogens is 1. The van der Waals surface area contributed by atoms with E-state index in [1.165, 1.54) is 13.2 Å². The third-order valence-electron chi connectivity index (χ3n) is 3.47. The minimum Gasteiger partial charge on any atom is -0.495 e. The summed E-state index contributed by atoms with van der Waals surface area (Å²) in [7, 11) is 1.54. The number of methoxy groups -OCH3 is 1. The maximum atomic E-state index is 12.0. The Hall–Kier alpha value is -3.05. The number of ether oxygens (including phenoxy) is 1. The molecule has 3 rings (SSSR count). The number of carbonyl (C=O) groups excluding carboxylic acids is 1. The molecule has 6 heteroatoms. The molecule has 0 bridgehead atoms. The number of carbonyl (C=O) groups is 1. The van der Waals surface area contributed by atoms with Gasteiger partial charge in [0.1, 0.15) is 5.75 Å². The number of nitrogens with zero attached hydrogens (tertiary/aromatic N) is 2. The zero-order valence-electron chi connectivity index (χ0n) is 13.5. The Morgan fingerprint density at radius 2 is 2.04 bits per heavy atom. The highest BCUT2D eigenvalue weighted by Crippen LogP contribution is 2.27. The Morgan fingerprint density at radius 3 is 2.76 bits per heavy atom. The number of anilines is 1. The smallest absolute Gasteiger partial charge is 0.248 e. The van der Waals surface area contributed by atoms with Gasteiger partial charge in [-0.05, 0) is 36.4 Å². The molecule has 0 saturated heterocycles. The van der Waals surface area contributed by atoms with Crippen molar-refractivity contribution in [3.8, 4) is 11.4 Å². The van der Waals surface area contributed by atoms with Crippen LogP contribution in [-0.2, 0) is 4.79 Å². The second kappa shape index (κ2) is 7.68. The van der Waals surface area contributed by atoms with Crippen molar-refractivity contribution in [2.24, 2.45) is 0 Å². The summed E-state index contributed by atoms with van der Waals surface area (Å²) in [6, 6.07) is 14.8. The predicted octanol–water partition coefficient (Wildman–Crippen LogP) is 4.19. The van der Waals surface area contributed by atoms with Gasteiger partial charge in [0.25, 0.3) is 0 Å². The second-order valence-electron chi connectivity index (χ2n) is 5.23. The van der Waals surface area contributed by atoms with Crippen molar-refractivity contribution < 1.29 is 9.53 Å². The van der Waals surface area contributed by atoms with Crippen LogP contribution in [0.4, 0.5) is 5.69 Å². The van der Waals surface area contributed by atoms with E-state index in [0.29, 0.717) is 16.5 Å². The molecule has 2 aromatic carbocycles. The van der Waals surface area contributed by atoms with E-state index in [-0.39, 0.29) is 5.91 Å². The van der Waals surface area contributed by atoms with Gasteiger partial charge in [0.05, 0.1) is 24.0 Å². The van der Waals surface area contributed by atoms with E-state index in [2.05, 4.69) is 10.4 Å². The van der Waals surface area contributed by atoms with Gasteiger partial charge < -0.3 is 10.1 Å². The Kier molecular flexibility index (Phi) is 5.16. The van der Waals surface area contributed by atoms with Gasteiger partial charge in [-0.3, -0.25) is 4.79 Å². The molecule has 0 saturated carbocycles. The molecule has 0 spiro atoms. The SMILES string of the molecule is COc1ccc(NC(=O)/C=C/c2cnn(-c3ccccc3)c2)cc1Cl. The summed E-state index contributed by atoms with van der Waals surface area (Å²) in [5.41, 5.74) is 2.38. The molecule has 0 aliphatic rings. The van der Waals surface area contributed by atoms with Crippen LogP contribution in [0.15, 0.2) is 67.0 Å². The van der Waals surface area contributed by atoms with Crippen LogP contribution >= 0.6 is 11.6 Å². The Labute approximate surface area is 150 Å². The first-order valence-electron chi connectivity index (χ1n) is 7.58. The van der Waals surface area contributed by atoms with E-state index in [4.69, 9.17) is 16.3 Å². The van der Waals surface area contributed by atoms with Crippen LogP contribution in [0.5, 0.6) is 5.75 Å². The predicted molar refractivity (Wildman–Crippen MR) is 99.2 cm³/mol. The second-order valence-corrected chi connectivity index (χ2v) is 5.63. The zero-order chi connectivity index (χ0) is 17.6. The highest BCUT2D eigenvalue weighted by Gasteiger charge is 2.04. The first-order valence-corrected chi connectivity index (χ1v) is 7.96. The Morgan fingerprint density at radius 1 is 1.24 bits per heavy atom. The number of rotatable bonds is 5. The Balaban J connectivity index is 1.65. The molecule has 0 radical (unpaired) electrons. The number of amides is 1. The molecular weight excluding hydrogens is 338 g/mol. The number of benzene rings is 2. The lowest BCUT2D eigenvalue weighted by atomic mass is 10.3. The van der Waals surface area contributed by atoms with E-state index in [1.807, 2.05) is 36.5 Å². The van der Waals surface area contributed by atoms with E-state index in [0.717, 1.165) is 11.3 Å². The van der Waals surface area contributed by atoms with Crippen molar-refractivity contribution in [3.05, 3.63) is 77.6 Å². The van der Waals surface area contributed by atoms with Crippen LogP contribution in [0.1, 0.15) is 5.56 Å². The third-order valence-corrected chi connectivity index (χ3v) is 3.77. The van der Waals surface area contributed by atoms with Crippen molar-refractivity contribution >= 4 is 29.3 Å². The summed E-state index contributed by atoms with van der Waals surface area (Å²) >= 11 is 6.04. The molecule has 0 atom stereocenters. The number of nitrogens with one attached hydrogen (secondary N) is 1. The average molecular weight is 354 g/mol. The molecule has 3 aromatic rings. The maximum absolute atomic E-state index is 12.0. The molecule has 1 aromatic heterocycles. The quantitative estimate of drug-likeness (QED) is 0.700. The third kappa shape index (κ3) is 4.28. The first kappa shape index (κ1) is 16.8. The monoisotopic (exact) mass is 353 g/mol. The van der Waals surface area contributed by atoms with Gasteiger partial charge in [-0.15, -0.1) is 0 Å². The number of para-hydroxylation sites is 1. The summed E-state index contributed by atoms with van der Waals surface area (Å²) in [6.07, 6.45) is 6.70. The van der Waals surface area contributed by atoms with E-state index < -0.39 is 0 Å². The lowest BCUT2D eigenvalue weighted by molar-refractivity contribution is -0.111. The summed E-state index contributed by atoms with van der Waals surface area (Å²) in [5, 5.41) is 7.47. The zero-order valence-corrected chi connectivity index (χ0v) is 14.3. The van der Waals surface area contributed by atoms with Gasteiger partial charge in [0.15, 0.2) is 0 Å². The van der Waals surface area contributed by atoms with Crippen molar-refractivity contribution in [3.63, 3.8) is 0 Å². The van der Waals surface area contributed by atoms with E-state index in [9.17, 15) is 4.79 Å². The highest BCUT2D eigenvalue weighted by molar-refractivity contribution is 6.32. The number of hydrogen-bond donors (Lipinski definition) is 1. The summed E-state index contributed by atoms with van der Waals surface area (Å²) in [4.78, 5) is 12.0. The fraction of sp³-hybridized carbons (Fsp3) is 0.0526. The molecular formula is C19H16ClN3O2. The minimum absolute atomic E-state index is 0.256. The van der Waals surface area contributed by atoms with Gasteiger partial charge in [0.2, 0.25) is 5.91 Å². The minimum atomic E-state index is -0.256. The molecule has 1 N–H and O–H groups in total. The number of hydrogen-bond acceptors (Lipinski definition) is 3. The maximum Gasteiger partial charge on any atom is 0.248 e. The van der Waals surface area contributed by atoms with Gasteiger partial charge in [-0.1, -0.05) is 29.8 Å². The molecule has 1 heterocycles. The molecule has 25 heavy (non-hydrogen) atoms. The molecule has 0 aliphatic carbocycles. The van der Waals surface area contributed by atoms with Gasteiger partial charge in [-0.2, -0.15) is 5.10 Å². The van der Waals surface area contributed by atoms with Crippen molar-refractivity contribution in [2.45, 2.75) is 0 Å². The van der Waals surface area contributed by atoms with Gasteiger partial charge in [-0.25, -0.2) is 4.68 Å². The van der Waals surface area contributed by atoms with Crippen molar-refractivity contribution in [2.75, 3.05) is 12.4 Å². The number of aromatic nitrogens is 2. The summed E-state index contributed by atoms with van der Waals surface area (Å²) < 4.78 is 6.83. The largest absolute Gasteiger partial charge is 0.495 e. The molecule has 0 unspecified atom stereocenters. The van der Waals surface area contributed by atoms with E-state index >= 15 is 0 Å². The van der Waals surface area contributed by atoms with Crippen LogP contribution in [0.3, 0.4) is 0 Å². The van der Waals surface area contributed by atoms with Crippen molar-refractivity contribution in [1.29, 1.82) is 0 Å². The normalized spacial score (nSPS) is 10.8. The van der Waals surface area contributed by atoms with Crippen LogP contribution in [0, 0.1) is 0 Å². The van der Waals surface area contributed by atoms with Crippen LogP contribution in [0.2, 0.25) is 5.02 Å². The van der Waals surface area contributed by atoms with Gasteiger partial charge in [0, 0.05) is 23.5 Å². The molecule has 5 nitrogen and oxygen atoms in total. The van der Waals surface area contributed by atoms with Crippen LogP contribution in [0.25, 0.3) is 11.8 Å². The van der Waals surface area contributed by atoms with Crippen LogP contribution in [-0.4, -0.2) is 22.8 Å².